The molecule has 3 saturated carbocycles. The highest BCUT2D eigenvalue weighted by Gasteiger charge is 2.59. The molecule has 4 rings (SSSR count). The smallest absolute Gasteiger partial charge is 0.306 e. The van der Waals surface area contributed by atoms with Gasteiger partial charge in [0.1, 0.15) is 6.10 Å². The Morgan fingerprint density at radius 3 is 1.68 bits per heavy atom. The topological polar surface area (TPSA) is 26.3 Å². The van der Waals surface area contributed by atoms with Crippen LogP contribution in [0.25, 0.3) is 0 Å². The number of hydrogen-bond donors (Lipinski definition) is 0. The standard InChI is InChI=1S/C63H110O2/c1-7-8-9-10-11-12-13-14-15-16-17-18-19-20-21-22-23-24-25-26-27-28-29-30-31-32-33-34-35-36-37-38-39-43-61(64)65-56-48-50-62(5)55(52-56)44-45-57-59-47-46-58(54(4)42-40-41-53(2)3)63(59,6)51-49-60(57)62/h13-14,16-17,19-20,44,53-54,56-60H,7-12,15,18,21-43,45-52H2,1-6H3/b14-13-,17-16-,20-19-. The number of ether oxygens (including phenoxy) is 1. The molecule has 0 saturated heterocycles. The van der Waals surface area contributed by atoms with Crippen molar-refractivity contribution in [3.05, 3.63) is 48.1 Å². The third-order valence-corrected chi connectivity index (χ3v) is 18.1. The predicted molar refractivity (Wildman–Crippen MR) is 285 cm³/mol. The Morgan fingerprint density at radius 2 is 1.12 bits per heavy atom. The Kier molecular flexibility index (Phi) is 28.5. The summed E-state index contributed by atoms with van der Waals surface area (Å²) in [5.41, 5.74) is 2.53. The maximum Gasteiger partial charge on any atom is 0.306 e. The molecule has 0 heterocycles. The number of unbranched alkanes of at least 4 members (excludes halogenated alkanes) is 23. The van der Waals surface area contributed by atoms with E-state index < -0.39 is 0 Å². The zero-order valence-corrected chi connectivity index (χ0v) is 44.5. The van der Waals surface area contributed by atoms with Gasteiger partial charge in [0, 0.05) is 12.8 Å². The molecule has 4 aliphatic carbocycles. The van der Waals surface area contributed by atoms with Gasteiger partial charge < -0.3 is 4.74 Å². The molecule has 0 aromatic rings. The first kappa shape index (κ1) is 56.0. The van der Waals surface area contributed by atoms with Crippen LogP contribution in [0.4, 0.5) is 0 Å². The van der Waals surface area contributed by atoms with E-state index in [-0.39, 0.29) is 12.1 Å². The first-order chi connectivity index (χ1) is 31.7. The second kappa shape index (κ2) is 33.0. The van der Waals surface area contributed by atoms with E-state index in [1.165, 1.54) is 212 Å². The van der Waals surface area contributed by atoms with Gasteiger partial charge >= 0.3 is 5.97 Å². The van der Waals surface area contributed by atoms with Crippen molar-refractivity contribution in [1.82, 2.24) is 0 Å². The molecule has 3 fully saturated rings. The molecular formula is C63H110O2. The van der Waals surface area contributed by atoms with Gasteiger partial charge in [-0.1, -0.05) is 237 Å². The second-order valence-electron chi connectivity index (χ2n) is 23.6. The normalized spacial score (nSPS) is 27.1. The molecule has 0 aromatic heterocycles. The summed E-state index contributed by atoms with van der Waals surface area (Å²) >= 11 is 0. The fraction of sp³-hybridized carbons (Fsp3) is 0.857. The molecule has 0 aliphatic heterocycles. The number of esters is 1. The van der Waals surface area contributed by atoms with Crippen LogP contribution < -0.4 is 0 Å². The Bertz CT molecular complexity index is 1350. The first-order valence-electron chi connectivity index (χ1n) is 29.5. The van der Waals surface area contributed by atoms with E-state index in [1.54, 1.807) is 5.57 Å². The first-order valence-corrected chi connectivity index (χ1v) is 29.5. The monoisotopic (exact) mass is 899 g/mol. The number of carbonyl (C=O) groups is 1. The zero-order chi connectivity index (χ0) is 46.4. The van der Waals surface area contributed by atoms with E-state index in [1.807, 2.05) is 0 Å². The lowest BCUT2D eigenvalue weighted by atomic mass is 9.47. The minimum absolute atomic E-state index is 0.0662. The largest absolute Gasteiger partial charge is 0.462 e. The average Bonchev–Trinajstić information content (AvgIpc) is 3.65. The fourth-order valence-corrected chi connectivity index (χ4v) is 14.0. The van der Waals surface area contributed by atoms with Crippen molar-refractivity contribution in [3.8, 4) is 0 Å². The molecule has 374 valence electrons. The van der Waals surface area contributed by atoms with Crippen molar-refractivity contribution in [3.63, 3.8) is 0 Å². The van der Waals surface area contributed by atoms with E-state index in [2.05, 4.69) is 84.1 Å². The summed E-state index contributed by atoms with van der Waals surface area (Å²) in [6.07, 6.45) is 68.2. The highest BCUT2D eigenvalue weighted by atomic mass is 16.5. The summed E-state index contributed by atoms with van der Waals surface area (Å²) in [5.74, 6) is 5.32. The van der Waals surface area contributed by atoms with Crippen LogP contribution in [0.5, 0.6) is 0 Å². The maximum atomic E-state index is 12.9. The van der Waals surface area contributed by atoms with Crippen molar-refractivity contribution in [2.45, 2.75) is 298 Å². The quantitative estimate of drug-likeness (QED) is 0.0353. The van der Waals surface area contributed by atoms with Gasteiger partial charge in [-0.2, -0.15) is 0 Å². The lowest BCUT2D eigenvalue weighted by Gasteiger charge is -2.58. The van der Waals surface area contributed by atoms with E-state index in [0.717, 1.165) is 67.6 Å². The Morgan fingerprint density at radius 1 is 0.600 bits per heavy atom. The molecule has 4 aliphatic rings. The van der Waals surface area contributed by atoms with Crippen LogP contribution >= 0.6 is 0 Å². The molecule has 0 bridgehead atoms. The lowest BCUT2D eigenvalue weighted by molar-refractivity contribution is -0.151. The Balaban J connectivity index is 0.897. The Hall–Kier alpha value is -1.57. The number of carbonyl (C=O) groups excluding carboxylic acids is 1. The van der Waals surface area contributed by atoms with Crippen LogP contribution in [-0.2, 0) is 9.53 Å². The Labute approximate surface area is 406 Å². The zero-order valence-electron chi connectivity index (χ0n) is 44.5. The molecule has 0 spiro atoms. The highest BCUT2D eigenvalue weighted by molar-refractivity contribution is 5.69. The minimum Gasteiger partial charge on any atom is -0.462 e. The van der Waals surface area contributed by atoms with Crippen molar-refractivity contribution in [2.75, 3.05) is 0 Å². The van der Waals surface area contributed by atoms with Gasteiger partial charge in [0.15, 0.2) is 0 Å². The summed E-state index contributed by atoms with van der Waals surface area (Å²) in [4.78, 5) is 12.9. The summed E-state index contributed by atoms with van der Waals surface area (Å²) in [6, 6.07) is 0. The molecule has 0 amide bonds. The van der Waals surface area contributed by atoms with Gasteiger partial charge in [-0.05, 0) is 136 Å². The van der Waals surface area contributed by atoms with Gasteiger partial charge in [0.25, 0.3) is 0 Å². The van der Waals surface area contributed by atoms with Crippen LogP contribution in [-0.4, -0.2) is 12.1 Å². The highest BCUT2D eigenvalue weighted by Crippen LogP contribution is 2.67. The predicted octanol–water partition coefficient (Wildman–Crippen LogP) is 20.6. The number of allylic oxidation sites excluding steroid dienone is 7. The number of fused-ring (bicyclic) bond motifs is 5. The van der Waals surface area contributed by atoms with Crippen molar-refractivity contribution in [1.29, 1.82) is 0 Å². The van der Waals surface area contributed by atoms with Crippen LogP contribution in [0.3, 0.4) is 0 Å². The van der Waals surface area contributed by atoms with Crippen LogP contribution in [0.15, 0.2) is 48.1 Å². The molecule has 8 atom stereocenters. The minimum atomic E-state index is 0.0662. The van der Waals surface area contributed by atoms with Gasteiger partial charge in [-0.3, -0.25) is 4.79 Å². The maximum absolute atomic E-state index is 12.9. The lowest BCUT2D eigenvalue weighted by Crippen LogP contribution is -2.51. The summed E-state index contributed by atoms with van der Waals surface area (Å²) in [7, 11) is 0. The van der Waals surface area contributed by atoms with Gasteiger partial charge in [0.05, 0.1) is 0 Å². The van der Waals surface area contributed by atoms with Gasteiger partial charge in [-0.15, -0.1) is 0 Å². The molecule has 0 aromatic carbocycles. The van der Waals surface area contributed by atoms with Gasteiger partial charge in [-0.25, -0.2) is 0 Å². The average molecular weight is 900 g/mol. The van der Waals surface area contributed by atoms with Gasteiger partial charge in [0.2, 0.25) is 0 Å². The van der Waals surface area contributed by atoms with E-state index >= 15 is 0 Å². The van der Waals surface area contributed by atoms with E-state index in [0.29, 0.717) is 17.3 Å². The summed E-state index contributed by atoms with van der Waals surface area (Å²) in [5, 5.41) is 0. The molecule has 0 radical (unpaired) electrons. The van der Waals surface area contributed by atoms with Crippen LogP contribution in [0.1, 0.15) is 292 Å². The van der Waals surface area contributed by atoms with Crippen molar-refractivity contribution >= 4 is 5.97 Å². The molecule has 2 nitrogen and oxygen atoms in total. The molecule has 0 N–H and O–H groups in total. The van der Waals surface area contributed by atoms with Crippen molar-refractivity contribution in [2.24, 2.45) is 46.3 Å². The molecule has 8 unspecified atom stereocenters. The number of hydrogen-bond acceptors (Lipinski definition) is 2. The summed E-state index contributed by atoms with van der Waals surface area (Å²) in [6.45, 7) is 15.0. The van der Waals surface area contributed by atoms with E-state index in [4.69, 9.17) is 4.74 Å². The van der Waals surface area contributed by atoms with Crippen LogP contribution in [0.2, 0.25) is 0 Å². The summed E-state index contributed by atoms with van der Waals surface area (Å²) < 4.78 is 6.18. The fourth-order valence-electron chi connectivity index (χ4n) is 14.0. The molecular weight excluding hydrogens is 789 g/mol. The van der Waals surface area contributed by atoms with Crippen LogP contribution in [0, 0.1) is 46.3 Å². The third-order valence-electron chi connectivity index (χ3n) is 18.1. The third kappa shape index (κ3) is 20.5. The van der Waals surface area contributed by atoms with Crippen molar-refractivity contribution < 1.29 is 9.53 Å². The molecule has 2 heteroatoms. The number of rotatable bonds is 37. The molecule has 65 heavy (non-hydrogen) atoms. The van der Waals surface area contributed by atoms with E-state index in [9.17, 15) is 4.79 Å². The second-order valence-corrected chi connectivity index (χ2v) is 23.6. The SMILES string of the molecule is CCCCCCC/C=C\C/C=C\C/C=C\CCCCCCCCCCCCCCCCCCCCC(=O)OC1CCC2(C)C(=CCC3C2CCC2(C)C(C(C)CCCC(C)C)CCC32)C1.